The van der Waals surface area contributed by atoms with Gasteiger partial charge in [-0.3, -0.25) is 14.9 Å². The largest absolute Gasteiger partial charge is 0.342 e. The van der Waals surface area contributed by atoms with Crippen LogP contribution in [0.4, 0.5) is 5.69 Å². The van der Waals surface area contributed by atoms with Gasteiger partial charge in [-0.1, -0.05) is 6.07 Å². The topological polar surface area (TPSA) is 101 Å². The number of carbonyl (C=O) groups excluding carboxylic acids is 1. The highest BCUT2D eigenvalue weighted by molar-refractivity contribution is 7.89. The lowest BCUT2D eigenvalue weighted by molar-refractivity contribution is -0.385. The van der Waals surface area contributed by atoms with Gasteiger partial charge in [0, 0.05) is 45.2 Å². The number of rotatable bonds is 3. The molecule has 0 N–H and O–H groups in total. The van der Waals surface area contributed by atoms with Crippen molar-refractivity contribution in [2.24, 2.45) is 0 Å². The fraction of sp³-hybridized carbons (Fsp3) is 0.462. The van der Waals surface area contributed by atoms with Gasteiger partial charge in [0.1, 0.15) is 0 Å². The van der Waals surface area contributed by atoms with Crippen LogP contribution < -0.4 is 0 Å². The Morgan fingerprint density at radius 3 is 2.59 bits per heavy atom. The third kappa shape index (κ3) is 3.42. The normalized spacial score (nSPS) is 17.0. The Bertz CT molecular complexity index is 689. The summed E-state index contributed by atoms with van der Waals surface area (Å²) in [6.07, 6.45) is 0.535. The molecule has 1 amide bonds. The van der Waals surface area contributed by atoms with Crippen molar-refractivity contribution >= 4 is 21.6 Å². The van der Waals surface area contributed by atoms with E-state index in [9.17, 15) is 23.3 Å². The van der Waals surface area contributed by atoms with Crippen molar-refractivity contribution in [3.8, 4) is 0 Å². The molecule has 0 radical (unpaired) electrons. The van der Waals surface area contributed by atoms with Gasteiger partial charge < -0.3 is 4.90 Å². The average Bonchev–Trinajstić information content (AvgIpc) is 2.73. The first-order valence-corrected chi connectivity index (χ1v) is 8.26. The van der Waals surface area contributed by atoms with Crippen LogP contribution in [0.2, 0.25) is 0 Å². The molecule has 2 rings (SSSR count). The van der Waals surface area contributed by atoms with Crippen LogP contribution in [0, 0.1) is 10.1 Å². The van der Waals surface area contributed by atoms with E-state index in [1.807, 2.05) is 0 Å². The highest BCUT2D eigenvalue weighted by Gasteiger charge is 2.28. The zero-order valence-electron chi connectivity index (χ0n) is 12.1. The molecule has 0 unspecified atom stereocenters. The fourth-order valence-electron chi connectivity index (χ4n) is 2.36. The van der Waals surface area contributed by atoms with E-state index in [0.29, 0.717) is 19.5 Å². The molecular formula is C13H17N3O5S. The molecular weight excluding hydrogens is 310 g/mol. The first-order valence-electron chi connectivity index (χ1n) is 6.82. The van der Waals surface area contributed by atoms with E-state index in [4.69, 9.17) is 0 Å². The quantitative estimate of drug-likeness (QED) is 0.605. The molecule has 0 bridgehead atoms. The first-order chi connectivity index (χ1) is 10.3. The molecule has 0 atom stereocenters. The minimum atomic E-state index is -3.80. The smallest absolute Gasteiger partial charge is 0.270 e. The summed E-state index contributed by atoms with van der Waals surface area (Å²) in [5, 5.41) is 10.8. The number of non-ortho nitro benzene ring substituents is 1. The maximum Gasteiger partial charge on any atom is 0.270 e. The third-order valence-electron chi connectivity index (χ3n) is 3.57. The Kier molecular flexibility index (Phi) is 4.77. The SMILES string of the molecule is CC(=O)N1CCCN(S(=O)(=O)c2cccc([N+](=O)[O-])c2)CC1. The van der Waals surface area contributed by atoms with Crippen LogP contribution in [0.15, 0.2) is 29.2 Å². The molecule has 0 aromatic heterocycles. The minimum absolute atomic E-state index is 0.0883. The van der Waals surface area contributed by atoms with Crippen molar-refractivity contribution < 1.29 is 18.1 Å². The zero-order valence-corrected chi connectivity index (χ0v) is 13.0. The molecule has 0 aliphatic carbocycles. The number of carbonyl (C=O) groups is 1. The second-order valence-corrected chi connectivity index (χ2v) is 6.96. The van der Waals surface area contributed by atoms with Gasteiger partial charge in [-0.15, -0.1) is 0 Å². The zero-order chi connectivity index (χ0) is 16.3. The maximum atomic E-state index is 12.6. The fourth-order valence-corrected chi connectivity index (χ4v) is 3.87. The number of hydrogen-bond donors (Lipinski definition) is 0. The molecule has 1 aromatic carbocycles. The lowest BCUT2D eigenvalue weighted by atomic mass is 10.3. The van der Waals surface area contributed by atoms with Crippen LogP contribution in [-0.2, 0) is 14.8 Å². The third-order valence-corrected chi connectivity index (χ3v) is 5.46. The number of nitro benzene ring substituents is 1. The molecule has 22 heavy (non-hydrogen) atoms. The molecule has 1 heterocycles. The Balaban J connectivity index is 2.25. The summed E-state index contributed by atoms with van der Waals surface area (Å²) >= 11 is 0. The summed E-state index contributed by atoms with van der Waals surface area (Å²) in [5.74, 6) is -0.0883. The van der Waals surface area contributed by atoms with Crippen LogP contribution in [0.3, 0.4) is 0 Å². The van der Waals surface area contributed by atoms with Gasteiger partial charge in [0.25, 0.3) is 5.69 Å². The molecule has 0 saturated carbocycles. The van der Waals surface area contributed by atoms with Gasteiger partial charge in [-0.25, -0.2) is 8.42 Å². The number of sulfonamides is 1. The molecule has 8 nitrogen and oxygen atoms in total. The van der Waals surface area contributed by atoms with Crippen molar-refractivity contribution in [1.29, 1.82) is 0 Å². The number of nitrogens with zero attached hydrogens (tertiary/aromatic N) is 3. The number of benzene rings is 1. The molecule has 0 spiro atoms. The summed E-state index contributed by atoms with van der Waals surface area (Å²) in [5.41, 5.74) is -0.263. The minimum Gasteiger partial charge on any atom is -0.342 e. The van der Waals surface area contributed by atoms with Gasteiger partial charge in [-0.2, -0.15) is 4.31 Å². The second kappa shape index (κ2) is 6.41. The molecule has 1 fully saturated rings. The van der Waals surface area contributed by atoms with Crippen LogP contribution >= 0.6 is 0 Å². The lowest BCUT2D eigenvalue weighted by Crippen LogP contribution is -2.36. The summed E-state index contributed by atoms with van der Waals surface area (Å²) in [6, 6.07) is 5.00. The van der Waals surface area contributed by atoms with Crippen LogP contribution in [-0.4, -0.2) is 54.6 Å². The maximum absolute atomic E-state index is 12.6. The van der Waals surface area contributed by atoms with Gasteiger partial charge in [-0.05, 0) is 12.5 Å². The Hall–Kier alpha value is -2.00. The highest BCUT2D eigenvalue weighted by atomic mass is 32.2. The number of hydrogen-bond acceptors (Lipinski definition) is 5. The highest BCUT2D eigenvalue weighted by Crippen LogP contribution is 2.22. The van der Waals surface area contributed by atoms with Gasteiger partial charge in [0.2, 0.25) is 15.9 Å². The van der Waals surface area contributed by atoms with E-state index in [2.05, 4.69) is 0 Å². The van der Waals surface area contributed by atoms with E-state index in [1.165, 1.54) is 29.4 Å². The van der Waals surface area contributed by atoms with Crippen LogP contribution in [0.25, 0.3) is 0 Å². The van der Waals surface area contributed by atoms with Crippen molar-refractivity contribution in [1.82, 2.24) is 9.21 Å². The molecule has 120 valence electrons. The second-order valence-electron chi connectivity index (χ2n) is 5.02. The van der Waals surface area contributed by atoms with E-state index in [1.54, 1.807) is 4.90 Å². The molecule has 1 saturated heterocycles. The van der Waals surface area contributed by atoms with Crippen molar-refractivity contribution in [2.45, 2.75) is 18.2 Å². The van der Waals surface area contributed by atoms with E-state index >= 15 is 0 Å². The summed E-state index contributed by atoms with van der Waals surface area (Å²) in [7, 11) is -3.80. The van der Waals surface area contributed by atoms with E-state index in [-0.39, 0.29) is 29.6 Å². The van der Waals surface area contributed by atoms with Crippen molar-refractivity contribution in [3.05, 3.63) is 34.4 Å². The van der Waals surface area contributed by atoms with Gasteiger partial charge in [0.15, 0.2) is 0 Å². The molecule has 9 heteroatoms. The summed E-state index contributed by atoms with van der Waals surface area (Å²) in [4.78, 5) is 23.0. The van der Waals surface area contributed by atoms with E-state index in [0.717, 1.165) is 6.07 Å². The molecule has 1 aliphatic rings. The average molecular weight is 327 g/mol. The Morgan fingerprint density at radius 2 is 1.95 bits per heavy atom. The predicted octanol–water partition coefficient (Wildman–Crippen LogP) is 0.838. The summed E-state index contributed by atoms with van der Waals surface area (Å²) < 4.78 is 26.5. The number of amides is 1. The lowest BCUT2D eigenvalue weighted by Gasteiger charge is -2.21. The summed E-state index contributed by atoms with van der Waals surface area (Å²) in [6.45, 7) is 2.75. The Labute approximate surface area is 128 Å². The van der Waals surface area contributed by atoms with Crippen molar-refractivity contribution in [3.63, 3.8) is 0 Å². The van der Waals surface area contributed by atoms with Gasteiger partial charge in [0.05, 0.1) is 9.82 Å². The van der Waals surface area contributed by atoms with Gasteiger partial charge >= 0.3 is 0 Å². The van der Waals surface area contributed by atoms with Crippen molar-refractivity contribution in [2.75, 3.05) is 26.2 Å². The molecule has 1 aromatic rings. The van der Waals surface area contributed by atoms with Crippen LogP contribution in [0.5, 0.6) is 0 Å². The molecule has 1 aliphatic heterocycles. The predicted molar refractivity (Wildman–Crippen MR) is 78.7 cm³/mol. The number of nitro groups is 1. The van der Waals surface area contributed by atoms with E-state index < -0.39 is 14.9 Å². The first kappa shape index (κ1) is 16.4. The van der Waals surface area contributed by atoms with Crippen LogP contribution in [0.1, 0.15) is 13.3 Å². The standard InChI is InChI=1S/C13H17N3O5S/c1-11(17)14-6-3-7-15(9-8-14)22(20,21)13-5-2-4-12(10-13)16(18)19/h2,4-5,10H,3,6-9H2,1H3. The monoisotopic (exact) mass is 327 g/mol. The Morgan fingerprint density at radius 1 is 1.23 bits per heavy atom.